The second kappa shape index (κ2) is 4.01. The van der Waals surface area contributed by atoms with E-state index in [1.807, 2.05) is 12.4 Å². The molecule has 0 saturated carbocycles. The molecule has 0 amide bonds. The Morgan fingerprint density at radius 2 is 1.19 bits per heavy atom. The Hall–Kier alpha value is -2.00. The number of fused-ring (bicyclic) bond motifs is 2. The average molecular weight is 290 g/mol. The van der Waals surface area contributed by atoms with Gasteiger partial charge >= 0.3 is 0 Å². The minimum Gasteiger partial charge on any atom is -0.256 e. The van der Waals surface area contributed by atoms with Crippen molar-refractivity contribution < 1.29 is 0 Å². The predicted octanol–water partition coefficient (Wildman–Crippen LogP) is 4.22. The van der Waals surface area contributed by atoms with E-state index in [2.05, 4.69) is 61.2 Å². The van der Waals surface area contributed by atoms with Gasteiger partial charge in [-0.1, -0.05) is 13.1 Å². The van der Waals surface area contributed by atoms with Crippen molar-refractivity contribution >= 4 is 19.5 Å². The summed E-state index contributed by atoms with van der Waals surface area (Å²) in [6, 6.07) is 0. The van der Waals surface area contributed by atoms with Crippen LogP contribution in [0.2, 0.25) is 13.1 Å². The highest BCUT2D eigenvalue weighted by atomic mass is 28.3. The zero-order valence-electron chi connectivity index (χ0n) is 12.9. The Morgan fingerprint density at radius 3 is 1.62 bits per heavy atom. The maximum Gasteiger partial charge on any atom is 0.114 e. The van der Waals surface area contributed by atoms with Crippen LogP contribution < -0.4 is 0 Å². The molecule has 0 spiro atoms. The molecule has 2 heterocycles. The Balaban J connectivity index is 1.94. The summed E-state index contributed by atoms with van der Waals surface area (Å²) in [5.74, 6) is 0. The largest absolute Gasteiger partial charge is 0.256 e. The number of hydrogen-bond donors (Lipinski definition) is 0. The third-order valence-electron chi connectivity index (χ3n) is 4.75. The van der Waals surface area contributed by atoms with Crippen molar-refractivity contribution in [1.82, 2.24) is 0 Å². The molecule has 0 bridgehead atoms. The zero-order valence-corrected chi connectivity index (χ0v) is 13.9. The molecule has 104 valence electrons. The van der Waals surface area contributed by atoms with Crippen LogP contribution in [0.4, 0.5) is 0 Å². The molecule has 3 heteroatoms. The second-order valence-electron chi connectivity index (χ2n) is 6.52. The first-order valence-corrected chi connectivity index (χ1v) is 10.4. The molecule has 0 N–H and O–H groups in total. The van der Waals surface area contributed by atoms with Crippen molar-refractivity contribution in [2.45, 2.75) is 26.9 Å². The summed E-state index contributed by atoms with van der Waals surface area (Å²) in [6.45, 7) is 9.36. The van der Waals surface area contributed by atoms with E-state index in [0.29, 0.717) is 0 Å². The van der Waals surface area contributed by atoms with Crippen molar-refractivity contribution in [2.24, 2.45) is 9.98 Å². The van der Waals surface area contributed by atoms with Gasteiger partial charge in [-0.3, -0.25) is 9.98 Å². The standard InChI is InChI=1S/C18H18N2Si/c1-11-9-15-13(5-7-19-15)17(11)21(3,4)18-12(2)10-16-14(18)6-8-20-16/h5-10H,1-4H3. The van der Waals surface area contributed by atoms with Crippen LogP contribution in [0.5, 0.6) is 0 Å². The minimum atomic E-state index is -1.78. The summed E-state index contributed by atoms with van der Waals surface area (Å²) in [6.07, 6.45) is 12.7. The minimum absolute atomic E-state index is 1.14. The van der Waals surface area contributed by atoms with Crippen molar-refractivity contribution in [3.63, 3.8) is 0 Å². The molecular weight excluding hydrogens is 272 g/mol. The summed E-state index contributed by atoms with van der Waals surface area (Å²) in [5, 5.41) is 3.07. The van der Waals surface area contributed by atoms with Crippen molar-refractivity contribution in [2.75, 3.05) is 0 Å². The molecule has 0 aromatic heterocycles. The molecule has 2 aliphatic heterocycles. The van der Waals surface area contributed by atoms with Gasteiger partial charge in [0.15, 0.2) is 0 Å². The molecular formula is C18H18N2Si. The monoisotopic (exact) mass is 290 g/mol. The van der Waals surface area contributed by atoms with E-state index in [1.54, 1.807) is 0 Å². The summed E-state index contributed by atoms with van der Waals surface area (Å²) < 4.78 is 0. The fraction of sp³-hybridized carbons (Fsp3) is 0.222. The first kappa shape index (κ1) is 12.7. The Bertz CT molecular complexity index is 753. The normalized spacial score (nSPS) is 22.7. The lowest BCUT2D eigenvalue weighted by Gasteiger charge is -2.30. The quantitative estimate of drug-likeness (QED) is 0.680. The summed E-state index contributed by atoms with van der Waals surface area (Å²) in [7, 11) is -1.78. The van der Waals surface area contributed by atoms with Gasteiger partial charge in [0, 0.05) is 23.5 Å². The van der Waals surface area contributed by atoms with Crippen molar-refractivity contribution in [1.29, 1.82) is 0 Å². The summed E-state index contributed by atoms with van der Waals surface area (Å²) in [4.78, 5) is 8.96. The zero-order chi connectivity index (χ0) is 14.8. The highest BCUT2D eigenvalue weighted by Gasteiger charge is 2.41. The van der Waals surface area contributed by atoms with Gasteiger partial charge in [-0.2, -0.15) is 0 Å². The lowest BCUT2D eigenvalue weighted by molar-refractivity contribution is 1.41. The first-order chi connectivity index (χ1) is 10.00. The van der Waals surface area contributed by atoms with E-state index in [0.717, 1.165) is 11.4 Å². The van der Waals surface area contributed by atoms with Crippen LogP contribution in [0.25, 0.3) is 0 Å². The van der Waals surface area contributed by atoms with Gasteiger partial charge in [-0.25, -0.2) is 0 Å². The SMILES string of the molecule is CC1=CC2=NC=CC2=C1[Si](C)(C)C1=C2C=CN=C2C=C1C. The van der Waals surface area contributed by atoms with Crippen LogP contribution in [0.3, 0.4) is 0 Å². The van der Waals surface area contributed by atoms with E-state index in [1.165, 1.54) is 32.7 Å². The van der Waals surface area contributed by atoms with Crippen molar-refractivity contribution in [3.8, 4) is 0 Å². The van der Waals surface area contributed by atoms with Gasteiger partial charge in [-0.05, 0) is 59.7 Å². The molecule has 0 aromatic rings. The molecule has 21 heavy (non-hydrogen) atoms. The molecule has 2 aliphatic carbocycles. The number of rotatable bonds is 2. The number of allylic oxidation sites excluding steroid dienone is 10. The second-order valence-corrected chi connectivity index (χ2v) is 10.8. The number of aliphatic imine (C=N–C) groups is 2. The number of hydrogen-bond acceptors (Lipinski definition) is 2. The molecule has 4 aliphatic rings. The highest BCUT2D eigenvalue weighted by Crippen LogP contribution is 2.43. The predicted molar refractivity (Wildman–Crippen MR) is 92.2 cm³/mol. The molecule has 0 aromatic carbocycles. The van der Waals surface area contributed by atoms with E-state index >= 15 is 0 Å². The molecule has 4 rings (SSSR count). The van der Waals surface area contributed by atoms with Crippen LogP contribution in [0.1, 0.15) is 13.8 Å². The smallest absolute Gasteiger partial charge is 0.114 e. The van der Waals surface area contributed by atoms with Gasteiger partial charge in [0.25, 0.3) is 0 Å². The van der Waals surface area contributed by atoms with Gasteiger partial charge in [0.05, 0.1) is 11.4 Å². The van der Waals surface area contributed by atoms with Gasteiger partial charge < -0.3 is 0 Å². The van der Waals surface area contributed by atoms with Gasteiger partial charge in [0.2, 0.25) is 0 Å². The lowest BCUT2D eigenvalue weighted by Crippen LogP contribution is -2.34. The molecule has 0 radical (unpaired) electrons. The fourth-order valence-electron chi connectivity index (χ4n) is 4.11. The third kappa shape index (κ3) is 1.58. The maximum absolute atomic E-state index is 4.48. The fourth-order valence-corrected chi connectivity index (χ4v) is 8.25. The topological polar surface area (TPSA) is 24.7 Å². The first-order valence-electron chi connectivity index (χ1n) is 7.36. The molecule has 0 atom stereocenters. The van der Waals surface area contributed by atoms with E-state index in [-0.39, 0.29) is 0 Å². The Kier molecular flexibility index (Phi) is 2.43. The molecule has 0 saturated heterocycles. The molecule has 2 nitrogen and oxygen atoms in total. The maximum atomic E-state index is 4.48. The van der Waals surface area contributed by atoms with Crippen LogP contribution >= 0.6 is 0 Å². The van der Waals surface area contributed by atoms with E-state index in [9.17, 15) is 0 Å². The highest BCUT2D eigenvalue weighted by molar-refractivity contribution is 6.93. The van der Waals surface area contributed by atoms with Gasteiger partial charge in [0.1, 0.15) is 8.07 Å². The van der Waals surface area contributed by atoms with Crippen LogP contribution in [-0.4, -0.2) is 19.5 Å². The lowest BCUT2D eigenvalue weighted by atomic mass is 10.2. The van der Waals surface area contributed by atoms with E-state index in [4.69, 9.17) is 0 Å². The molecule has 0 fully saturated rings. The van der Waals surface area contributed by atoms with Gasteiger partial charge in [-0.15, -0.1) is 0 Å². The average Bonchev–Trinajstić information content (AvgIpc) is 3.07. The summed E-state index contributed by atoms with van der Waals surface area (Å²) in [5.41, 5.74) is 7.75. The Morgan fingerprint density at radius 1 is 0.762 bits per heavy atom. The van der Waals surface area contributed by atoms with E-state index < -0.39 is 8.07 Å². The van der Waals surface area contributed by atoms with Crippen LogP contribution in [0.15, 0.2) is 79.4 Å². The Labute approximate surface area is 126 Å². The van der Waals surface area contributed by atoms with Crippen LogP contribution in [-0.2, 0) is 0 Å². The summed E-state index contributed by atoms with van der Waals surface area (Å²) >= 11 is 0. The van der Waals surface area contributed by atoms with Crippen LogP contribution in [0, 0.1) is 0 Å². The number of nitrogens with zero attached hydrogens (tertiary/aromatic N) is 2. The van der Waals surface area contributed by atoms with Crippen molar-refractivity contribution in [3.05, 3.63) is 69.4 Å². The third-order valence-corrected chi connectivity index (χ3v) is 8.57. The molecule has 0 unspecified atom stereocenters.